The van der Waals surface area contributed by atoms with Crippen LogP contribution < -0.4 is 15.6 Å². The lowest BCUT2D eigenvalue weighted by Crippen LogP contribution is -2.27. The van der Waals surface area contributed by atoms with Crippen molar-refractivity contribution in [3.8, 4) is 5.75 Å². The summed E-state index contributed by atoms with van der Waals surface area (Å²) in [6, 6.07) is 16.2. The molecular weight excluding hydrogens is 292 g/mol. The van der Waals surface area contributed by atoms with Gasteiger partial charge in [-0.1, -0.05) is 18.2 Å². The van der Waals surface area contributed by atoms with Gasteiger partial charge in [-0.05, 0) is 41.8 Å². The zero-order valence-electron chi connectivity index (χ0n) is 12.7. The van der Waals surface area contributed by atoms with Gasteiger partial charge in [0.25, 0.3) is 5.56 Å². The van der Waals surface area contributed by atoms with Crippen molar-refractivity contribution < 1.29 is 9.53 Å². The molecule has 0 saturated carbocycles. The van der Waals surface area contributed by atoms with Crippen molar-refractivity contribution in [1.82, 2.24) is 4.57 Å². The molecule has 1 N–H and O–H groups in total. The molecule has 0 aliphatic carbocycles. The molecule has 0 unspecified atom stereocenters. The van der Waals surface area contributed by atoms with E-state index in [1.807, 2.05) is 24.3 Å². The van der Waals surface area contributed by atoms with Gasteiger partial charge in [-0.2, -0.15) is 0 Å². The number of aromatic nitrogens is 1. The Morgan fingerprint density at radius 1 is 1.09 bits per heavy atom. The molecule has 0 aliphatic rings. The van der Waals surface area contributed by atoms with Crippen LogP contribution in [0.15, 0.2) is 65.6 Å². The Hall–Kier alpha value is -3.08. The lowest BCUT2D eigenvalue weighted by Gasteiger charge is -2.09. The third-order valence-electron chi connectivity index (χ3n) is 3.57. The Balaban J connectivity index is 1.77. The fourth-order valence-corrected chi connectivity index (χ4v) is 2.38. The van der Waals surface area contributed by atoms with E-state index in [1.54, 1.807) is 43.6 Å². The lowest BCUT2D eigenvalue weighted by molar-refractivity contribution is -0.116. The quantitative estimate of drug-likeness (QED) is 0.806. The maximum Gasteiger partial charge on any atom is 0.258 e. The van der Waals surface area contributed by atoms with Crippen molar-refractivity contribution in [2.45, 2.75) is 6.54 Å². The minimum Gasteiger partial charge on any atom is -0.497 e. The van der Waals surface area contributed by atoms with Crippen LogP contribution in [-0.4, -0.2) is 17.6 Å². The molecule has 23 heavy (non-hydrogen) atoms. The van der Waals surface area contributed by atoms with Crippen molar-refractivity contribution in [3.63, 3.8) is 0 Å². The maximum absolute atomic E-state index is 12.4. The monoisotopic (exact) mass is 308 g/mol. The molecule has 0 spiro atoms. The first kappa shape index (κ1) is 14.8. The normalized spacial score (nSPS) is 10.5. The zero-order chi connectivity index (χ0) is 16.2. The number of ether oxygens (including phenoxy) is 1. The summed E-state index contributed by atoms with van der Waals surface area (Å²) in [5.74, 6) is 0.460. The van der Waals surface area contributed by atoms with Gasteiger partial charge < -0.3 is 14.6 Å². The molecule has 1 amide bonds. The second-order valence-electron chi connectivity index (χ2n) is 5.11. The Kier molecular flexibility index (Phi) is 4.10. The molecule has 0 saturated heterocycles. The number of fused-ring (bicyclic) bond motifs is 1. The van der Waals surface area contributed by atoms with Crippen LogP contribution in [0.1, 0.15) is 0 Å². The summed E-state index contributed by atoms with van der Waals surface area (Å²) < 4.78 is 6.47. The fraction of sp³-hybridized carbons (Fsp3) is 0.111. The molecule has 0 bridgehead atoms. The van der Waals surface area contributed by atoms with E-state index in [0.29, 0.717) is 16.8 Å². The maximum atomic E-state index is 12.4. The third-order valence-corrected chi connectivity index (χ3v) is 3.57. The molecule has 0 atom stereocenters. The molecular formula is C18H16N2O3. The summed E-state index contributed by atoms with van der Waals surface area (Å²) in [6.07, 6.45) is 1.64. The van der Waals surface area contributed by atoms with Crippen LogP contribution in [0.3, 0.4) is 0 Å². The number of nitrogens with one attached hydrogen (secondary N) is 1. The van der Waals surface area contributed by atoms with Crippen LogP contribution in [0.25, 0.3) is 10.8 Å². The Labute approximate surface area is 133 Å². The van der Waals surface area contributed by atoms with Crippen LogP contribution in [0, 0.1) is 0 Å². The second-order valence-corrected chi connectivity index (χ2v) is 5.11. The largest absolute Gasteiger partial charge is 0.497 e. The molecule has 5 heteroatoms. The van der Waals surface area contributed by atoms with Gasteiger partial charge >= 0.3 is 0 Å². The van der Waals surface area contributed by atoms with Crippen molar-refractivity contribution >= 4 is 22.4 Å². The number of carbonyl (C=O) groups is 1. The van der Waals surface area contributed by atoms with Gasteiger partial charge in [0.05, 0.1) is 7.11 Å². The number of benzene rings is 2. The fourth-order valence-electron chi connectivity index (χ4n) is 2.38. The van der Waals surface area contributed by atoms with Crippen molar-refractivity contribution in [3.05, 3.63) is 71.1 Å². The first-order chi connectivity index (χ1) is 11.2. The molecule has 0 radical (unpaired) electrons. The highest BCUT2D eigenvalue weighted by atomic mass is 16.5. The average molecular weight is 308 g/mol. The first-order valence-corrected chi connectivity index (χ1v) is 7.19. The predicted octanol–water partition coefficient (Wildman–Crippen LogP) is 2.65. The van der Waals surface area contributed by atoms with E-state index in [1.165, 1.54) is 4.57 Å². The highest BCUT2D eigenvalue weighted by molar-refractivity contribution is 5.91. The average Bonchev–Trinajstić information content (AvgIpc) is 2.58. The standard InChI is InChI=1S/C18H16N2O3/c1-23-15-8-6-14(7-9-15)19-17(21)12-20-11-10-13-4-2-3-5-16(13)18(20)22/h2-11H,12H2,1H3,(H,19,21). The van der Waals surface area contributed by atoms with E-state index in [2.05, 4.69) is 5.32 Å². The number of rotatable bonds is 4. The number of amides is 1. The van der Waals surface area contributed by atoms with Crippen molar-refractivity contribution in [2.75, 3.05) is 12.4 Å². The summed E-state index contributed by atoms with van der Waals surface area (Å²) in [6.45, 7) is -0.0320. The van der Waals surface area contributed by atoms with Crippen molar-refractivity contribution in [1.29, 1.82) is 0 Å². The van der Waals surface area contributed by atoms with E-state index in [-0.39, 0.29) is 18.0 Å². The van der Waals surface area contributed by atoms with Gasteiger partial charge in [-0.15, -0.1) is 0 Å². The van der Waals surface area contributed by atoms with Gasteiger partial charge in [0, 0.05) is 17.3 Å². The molecule has 5 nitrogen and oxygen atoms in total. The van der Waals surface area contributed by atoms with Crippen LogP contribution in [-0.2, 0) is 11.3 Å². The smallest absolute Gasteiger partial charge is 0.258 e. The molecule has 0 fully saturated rings. The topological polar surface area (TPSA) is 60.3 Å². The van der Waals surface area contributed by atoms with Crippen molar-refractivity contribution in [2.24, 2.45) is 0 Å². The molecule has 3 rings (SSSR count). The Bertz CT molecular complexity index is 898. The number of pyridine rings is 1. The second kappa shape index (κ2) is 6.36. The SMILES string of the molecule is COc1ccc(NC(=O)Cn2ccc3ccccc3c2=O)cc1. The third kappa shape index (κ3) is 3.23. The minimum atomic E-state index is -0.257. The molecule has 2 aromatic carbocycles. The van der Waals surface area contributed by atoms with Gasteiger partial charge in [-0.25, -0.2) is 0 Å². The van der Waals surface area contributed by atoms with E-state index in [9.17, 15) is 9.59 Å². The van der Waals surface area contributed by atoms with E-state index in [0.717, 1.165) is 5.39 Å². The highest BCUT2D eigenvalue weighted by Crippen LogP contribution is 2.15. The van der Waals surface area contributed by atoms with Crippen LogP contribution in [0.5, 0.6) is 5.75 Å². The molecule has 116 valence electrons. The Morgan fingerprint density at radius 3 is 2.57 bits per heavy atom. The van der Waals surface area contributed by atoms with Crippen LogP contribution >= 0.6 is 0 Å². The van der Waals surface area contributed by atoms with Crippen LogP contribution in [0.2, 0.25) is 0 Å². The number of carbonyl (C=O) groups excluding carboxylic acids is 1. The first-order valence-electron chi connectivity index (χ1n) is 7.19. The summed E-state index contributed by atoms with van der Waals surface area (Å²) >= 11 is 0. The number of anilines is 1. The number of hydrogen-bond donors (Lipinski definition) is 1. The summed E-state index contributed by atoms with van der Waals surface area (Å²) in [5, 5.41) is 4.23. The molecule has 1 heterocycles. The number of hydrogen-bond acceptors (Lipinski definition) is 3. The van der Waals surface area contributed by atoms with E-state index >= 15 is 0 Å². The Morgan fingerprint density at radius 2 is 1.83 bits per heavy atom. The van der Waals surface area contributed by atoms with Gasteiger partial charge in [-0.3, -0.25) is 9.59 Å². The highest BCUT2D eigenvalue weighted by Gasteiger charge is 2.07. The van der Waals surface area contributed by atoms with Gasteiger partial charge in [0.15, 0.2) is 0 Å². The van der Waals surface area contributed by atoms with E-state index < -0.39 is 0 Å². The summed E-state index contributed by atoms with van der Waals surface area (Å²) in [7, 11) is 1.58. The summed E-state index contributed by atoms with van der Waals surface area (Å²) in [4.78, 5) is 24.5. The zero-order valence-corrected chi connectivity index (χ0v) is 12.7. The van der Waals surface area contributed by atoms with Gasteiger partial charge in [0.1, 0.15) is 12.3 Å². The number of methoxy groups -OCH3 is 1. The van der Waals surface area contributed by atoms with Crippen LogP contribution in [0.4, 0.5) is 5.69 Å². The summed E-state index contributed by atoms with van der Waals surface area (Å²) in [5.41, 5.74) is 0.484. The molecule has 0 aliphatic heterocycles. The predicted molar refractivity (Wildman–Crippen MR) is 89.8 cm³/mol. The number of nitrogens with zero attached hydrogens (tertiary/aromatic N) is 1. The molecule has 3 aromatic rings. The van der Waals surface area contributed by atoms with Gasteiger partial charge in [0.2, 0.25) is 5.91 Å². The molecule has 1 aromatic heterocycles. The lowest BCUT2D eigenvalue weighted by atomic mass is 10.2. The van der Waals surface area contributed by atoms with E-state index in [4.69, 9.17) is 4.74 Å². The minimum absolute atomic E-state index is 0.0320.